The average molecular weight is 319 g/mol. The van der Waals surface area contributed by atoms with Crippen molar-refractivity contribution in [2.45, 2.75) is 45.3 Å². The molecule has 0 unspecified atom stereocenters. The Balaban J connectivity index is 1.80. The fourth-order valence-electron chi connectivity index (χ4n) is 2.35. The first-order valence-electron chi connectivity index (χ1n) is 8.52. The summed E-state index contributed by atoms with van der Waals surface area (Å²) in [5.41, 5.74) is 1.03. The van der Waals surface area contributed by atoms with Gasteiger partial charge in [0.25, 0.3) is 0 Å². The van der Waals surface area contributed by atoms with Crippen LogP contribution in [-0.4, -0.2) is 61.5 Å². The van der Waals surface area contributed by atoms with E-state index in [1.807, 2.05) is 13.8 Å². The molecule has 1 fully saturated rings. The van der Waals surface area contributed by atoms with Crippen molar-refractivity contribution in [1.29, 1.82) is 0 Å². The van der Waals surface area contributed by atoms with Crippen LogP contribution in [-0.2, 0) is 15.8 Å². The summed E-state index contributed by atoms with van der Waals surface area (Å²) in [5.74, 6) is 0. The second-order valence-electron chi connectivity index (χ2n) is 7.38. The van der Waals surface area contributed by atoms with Crippen LogP contribution in [0.5, 0.6) is 0 Å². The summed E-state index contributed by atoms with van der Waals surface area (Å²) in [6, 6.07) is 8.59. The summed E-state index contributed by atoms with van der Waals surface area (Å²) in [6.07, 6.45) is 1.07. The molecule has 2 rings (SSSR count). The zero-order valence-electron chi connectivity index (χ0n) is 15.0. The van der Waals surface area contributed by atoms with Gasteiger partial charge in [-0.1, -0.05) is 29.7 Å². The molecular formula is C18H30BNO3. The number of nitrogens with zero attached hydrogens (tertiary/aromatic N) is 1. The lowest BCUT2D eigenvalue weighted by Crippen LogP contribution is -2.49. The minimum Gasteiger partial charge on any atom is -0.427 e. The Labute approximate surface area is 141 Å². The molecule has 0 saturated carbocycles. The molecule has 1 aliphatic rings. The van der Waals surface area contributed by atoms with Crippen molar-refractivity contribution in [2.75, 3.05) is 32.8 Å². The molecular weight excluding hydrogens is 289 g/mol. The lowest BCUT2D eigenvalue weighted by Gasteiger charge is -2.37. The highest BCUT2D eigenvalue weighted by Gasteiger charge is 2.35. The third kappa shape index (κ3) is 5.61. The van der Waals surface area contributed by atoms with E-state index in [0.29, 0.717) is 7.48 Å². The summed E-state index contributed by atoms with van der Waals surface area (Å²) in [6.45, 7) is 12.3. The van der Waals surface area contributed by atoms with E-state index in [1.165, 1.54) is 5.56 Å². The molecule has 1 heterocycles. The lowest BCUT2D eigenvalue weighted by molar-refractivity contribution is -0.0893. The first-order valence-corrected chi connectivity index (χ1v) is 8.52. The second-order valence-corrected chi connectivity index (χ2v) is 7.38. The van der Waals surface area contributed by atoms with E-state index in [0.717, 1.165) is 44.7 Å². The maximum Gasteiger partial charge on any atom is 0.309 e. The van der Waals surface area contributed by atoms with Gasteiger partial charge in [0.1, 0.15) is 0 Å². The van der Waals surface area contributed by atoms with Gasteiger partial charge in [-0.15, -0.1) is 0 Å². The predicted octanol–water partition coefficient (Wildman–Crippen LogP) is 1.10. The van der Waals surface area contributed by atoms with Gasteiger partial charge in [0, 0.05) is 19.6 Å². The monoisotopic (exact) mass is 319 g/mol. The van der Waals surface area contributed by atoms with Crippen molar-refractivity contribution < 1.29 is 14.5 Å². The van der Waals surface area contributed by atoms with Crippen LogP contribution in [0.2, 0.25) is 0 Å². The summed E-state index contributed by atoms with van der Waals surface area (Å²) in [5, 5.41) is 10.1. The molecule has 0 atom stereocenters. The Hall–Kier alpha value is -0.875. The van der Waals surface area contributed by atoms with E-state index in [1.54, 1.807) is 13.8 Å². The maximum absolute atomic E-state index is 10.1. The molecule has 5 heteroatoms. The van der Waals surface area contributed by atoms with Crippen molar-refractivity contribution in [3.05, 3.63) is 29.8 Å². The molecule has 0 radical (unpaired) electrons. The van der Waals surface area contributed by atoms with Crippen molar-refractivity contribution >= 4 is 12.9 Å². The van der Waals surface area contributed by atoms with E-state index in [-0.39, 0.29) is 0 Å². The molecule has 1 aromatic carbocycles. The topological polar surface area (TPSA) is 41.9 Å². The van der Waals surface area contributed by atoms with Gasteiger partial charge in [-0.3, -0.25) is 4.90 Å². The molecule has 1 saturated heterocycles. The minimum atomic E-state index is -0.870. The Bertz CT molecular complexity index is 476. The number of benzene rings is 1. The lowest BCUT2D eigenvalue weighted by atomic mass is 9.82. The molecule has 128 valence electrons. The Morgan fingerprint density at radius 3 is 2.30 bits per heavy atom. The zero-order chi connectivity index (χ0) is 16.9. The standard InChI is InChI=1S/C18H30BNO3/c1-17(2,21)18(3,4)23-19-16-7-5-15(6-8-16)9-10-20-11-13-22-14-12-20/h5-8,19,21H,9-14H2,1-4H3. The fraction of sp³-hybridized carbons (Fsp3) is 0.667. The van der Waals surface area contributed by atoms with E-state index in [2.05, 4.69) is 29.2 Å². The summed E-state index contributed by atoms with van der Waals surface area (Å²) >= 11 is 0. The van der Waals surface area contributed by atoms with Crippen LogP contribution in [0.4, 0.5) is 0 Å². The van der Waals surface area contributed by atoms with Gasteiger partial charge in [0.15, 0.2) is 0 Å². The predicted molar refractivity (Wildman–Crippen MR) is 95.6 cm³/mol. The number of ether oxygens (including phenoxy) is 1. The zero-order valence-corrected chi connectivity index (χ0v) is 15.0. The highest BCUT2D eigenvalue weighted by molar-refractivity contribution is 6.47. The van der Waals surface area contributed by atoms with Crippen LogP contribution < -0.4 is 5.46 Å². The first-order chi connectivity index (χ1) is 10.8. The number of hydrogen-bond donors (Lipinski definition) is 1. The van der Waals surface area contributed by atoms with Gasteiger partial charge in [-0.2, -0.15) is 0 Å². The third-order valence-corrected chi connectivity index (χ3v) is 4.92. The van der Waals surface area contributed by atoms with Crippen LogP contribution in [0, 0.1) is 0 Å². The first kappa shape index (κ1) is 18.5. The molecule has 1 N–H and O–H groups in total. The second kappa shape index (κ2) is 7.80. The largest absolute Gasteiger partial charge is 0.427 e. The number of hydrogen-bond acceptors (Lipinski definition) is 4. The van der Waals surface area contributed by atoms with Gasteiger partial charge in [0.2, 0.25) is 0 Å². The maximum atomic E-state index is 10.1. The molecule has 4 nitrogen and oxygen atoms in total. The minimum absolute atomic E-state index is 0.515. The average Bonchev–Trinajstić information content (AvgIpc) is 2.52. The summed E-state index contributed by atoms with van der Waals surface area (Å²) in [7, 11) is 0.515. The van der Waals surface area contributed by atoms with Crippen LogP contribution in [0.15, 0.2) is 24.3 Å². The Kier molecular flexibility index (Phi) is 6.26. The number of rotatable bonds is 7. The molecule has 0 bridgehead atoms. The van der Waals surface area contributed by atoms with Crippen LogP contribution in [0.25, 0.3) is 0 Å². The normalized spacial score (nSPS) is 17.3. The SMILES string of the molecule is CC(C)(O)C(C)(C)OBc1ccc(CCN2CCOCC2)cc1. The van der Waals surface area contributed by atoms with Crippen molar-refractivity contribution in [3.63, 3.8) is 0 Å². The summed E-state index contributed by atoms with van der Waals surface area (Å²) < 4.78 is 11.3. The van der Waals surface area contributed by atoms with Gasteiger partial charge >= 0.3 is 7.48 Å². The van der Waals surface area contributed by atoms with E-state index >= 15 is 0 Å². The van der Waals surface area contributed by atoms with Crippen molar-refractivity contribution in [1.82, 2.24) is 4.90 Å². The highest BCUT2D eigenvalue weighted by atomic mass is 16.5. The smallest absolute Gasteiger partial charge is 0.309 e. The van der Waals surface area contributed by atoms with Gasteiger partial charge in [-0.05, 0) is 39.7 Å². The summed E-state index contributed by atoms with van der Waals surface area (Å²) in [4.78, 5) is 2.45. The highest BCUT2D eigenvalue weighted by Crippen LogP contribution is 2.24. The van der Waals surface area contributed by atoms with E-state index in [4.69, 9.17) is 9.39 Å². The van der Waals surface area contributed by atoms with Gasteiger partial charge in [-0.25, -0.2) is 0 Å². The van der Waals surface area contributed by atoms with Crippen LogP contribution >= 0.6 is 0 Å². The Morgan fingerprint density at radius 2 is 1.74 bits per heavy atom. The molecule has 0 aliphatic carbocycles. The van der Waals surface area contributed by atoms with Crippen molar-refractivity contribution in [3.8, 4) is 0 Å². The molecule has 0 spiro atoms. The van der Waals surface area contributed by atoms with Crippen LogP contribution in [0.3, 0.4) is 0 Å². The molecule has 23 heavy (non-hydrogen) atoms. The molecule has 0 aromatic heterocycles. The molecule has 1 aliphatic heterocycles. The van der Waals surface area contributed by atoms with Gasteiger partial charge < -0.3 is 14.5 Å². The van der Waals surface area contributed by atoms with Gasteiger partial charge in [0.05, 0.1) is 24.4 Å². The van der Waals surface area contributed by atoms with Crippen molar-refractivity contribution in [2.24, 2.45) is 0 Å². The van der Waals surface area contributed by atoms with E-state index in [9.17, 15) is 5.11 Å². The Morgan fingerprint density at radius 1 is 1.13 bits per heavy atom. The fourth-order valence-corrected chi connectivity index (χ4v) is 2.35. The van der Waals surface area contributed by atoms with Crippen LogP contribution in [0.1, 0.15) is 33.3 Å². The quantitative estimate of drug-likeness (QED) is 0.765. The third-order valence-electron chi connectivity index (χ3n) is 4.92. The van der Waals surface area contributed by atoms with E-state index < -0.39 is 11.2 Å². The molecule has 1 aromatic rings. The number of morpholine rings is 1. The number of aliphatic hydroxyl groups is 1. The molecule has 0 amide bonds.